The number of likely N-dealkylation sites (tertiary alicyclic amines) is 1. The molecule has 2 unspecified atom stereocenters. The maximum Gasteiger partial charge on any atom is 0.0128 e. The van der Waals surface area contributed by atoms with Gasteiger partial charge < -0.3 is 0 Å². The Morgan fingerprint density at radius 1 is 1.33 bits per heavy atom. The fourth-order valence-electron chi connectivity index (χ4n) is 2.98. The van der Waals surface area contributed by atoms with Gasteiger partial charge in [0.15, 0.2) is 0 Å². The summed E-state index contributed by atoms with van der Waals surface area (Å²) in [6.45, 7) is 13.2. The molecule has 1 saturated heterocycles. The average Bonchev–Trinajstić information content (AvgIpc) is 2.48. The highest BCUT2D eigenvalue weighted by Gasteiger charge is 2.61. The summed E-state index contributed by atoms with van der Waals surface area (Å²) in [5.74, 6) is 0.997. The molecule has 2 fully saturated rings. The highest BCUT2D eigenvalue weighted by Crippen LogP contribution is 2.61. The van der Waals surface area contributed by atoms with Gasteiger partial charge in [-0.15, -0.1) is 0 Å². The lowest BCUT2D eigenvalue weighted by Gasteiger charge is -2.37. The number of rotatable bonds is 0. The van der Waals surface area contributed by atoms with E-state index in [1.807, 2.05) is 0 Å². The molecule has 0 amide bonds. The molecule has 12 heavy (non-hydrogen) atoms. The van der Waals surface area contributed by atoms with Crippen LogP contribution in [0.1, 0.15) is 41.0 Å². The van der Waals surface area contributed by atoms with Crippen LogP contribution in [0.4, 0.5) is 0 Å². The van der Waals surface area contributed by atoms with Crippen molar-refractivity contribution in [1.82, 2.24) is 4.90 Å². The second-order valence-corrected chi connectivity index (χ2v) is 6.00. The number of piperidine rings is 1. The van der Waals surface area contributed by atoms with Gasteiger partial charge in [0.05, 0.1) is 0 Å². The van der Waals surface area contributed by atoms with Gasteiger partial charge in [0, 0.05) is 18.1 Å². The van der Waals surface area contributed by atoms with E-state index in [0.717, 1.165) is 12.0 Å². The number of hydrogen-bond donors (Lipinski definition) is 0. The third kappa shape index (κ3) is 1.02. The molecule has 1 heteroatoms. The fraction of sp³-hybridized carbons (Fsp3) is 1.00. The topological polar surface area (TPSA) is 3.24 Å². The van der Waals surface area contributed by atoms with Gasteiger partial charge in [0.1, 0.15) is 0 Å². The third-order valence-corrected chi connectivity index (χ3v) is 3.89. The Labute approximate surface area is 76.1 Å². The second-order valence-electron chi connectivity index (χ2n) is 6.00. The van der Waals surface area contributed by atoms with E-state index >= 15 is 0 Å². The molecule has 0 spiro atoms. The maximum atomic E-state index is 2.67. The van der Waals surface area contributed by atoms with Crippen LogP contribution in [0.5, 0.6) is 0 Å². The monoisotopic (exact) mass is 167 g/mol. The summed E-state index contributed by atoms with van der Waals surface area (Å²) in [4.78, 5) is 2.67. The molecule has 1 heterocycles. The Hall–Kier alpha value is -0.0400. The van der Waals surface area contributed by atoms with Crippen LogP contribution >= 0.6 is 0 Å². The molecule has 0 radical (unpaired) electrons. The zero-order valence-corrected chi connectivity index (χ0v) is 9.02. The molecule has 0 N–H and O–H groups in total. The molecule has 3 atom stereocenters. The van der Waals surface area contributed by atoms with Crippen LogP contribution in [-0.2, 0) is 0 Å². The van der Waals surface area contributed by atoms with Crippen molar-refractivity contribution in [3.05, 3.63) is 0 Å². The first-order valence-electron chi connectivity index (χ1n) is 5.11. The second kappa shape index (κ2) is 2.06. The first kappa shape index (κ1) is 8.55. The zero-order valence-electron chi connectivity index (χ0n) is 9.02. The first-order valence-corrected chi connectivity index (χ1v) is 5.11. The predicted molar refractivity (Wildman–Crippen MR) is 52.1 cm³/mol. The predicted octanol–water partition coefficient (Wildman–Crippen LogP) is 2.52. The van der Waals surface area contributed by atoms with Gasteiger partial charge in [0.25, 0.3) is 0 Å². The molecule has 0 bridgehead atoms. The van der Waals surface area contributed by atoms with E-state index in [1.165, 1.54) is 13.0 Å². The number of nitrogens with zero attached hydrogens (tertiary/aromatic N) is 1. The molecule has 2 aliphatic rings. The van der Waals surface area contributed by atoms with Crippen molar-refractivity contribution < 1.29 is 0 Å². The van der Waals surface area contributed by atoms with Gasteiger partial charge >= 0.3 is 0 Å². The van der Waals surface area contributed by atoms with Crippen molar-refractivity contribution in [3.63, 3.8) is 0 Å². The third-order valence-electron chi connectivity index (χ3n) is 3.89. The standard InChI is InChI=1S/C11H21N/c1-8-9-6-11(9,5)7-12(8)10(2,3)4/h8-9H,6-7H2,1-5H3/t8-,9?,11?/m1/s1. The van der Waals surface area contributed by atoms with Gasteiger partial charge in [-0.05, 0) is 45.4 Å². The summed E-state index contributed by atoms with van der Waals surface area (Å²) in [6.07, 6.45) is 1.47. The number of hydrogen-bond acceptors (Lipinski definition) is 1. The Kier molecular flexibility index (Phi) is 1.47. The van der Waals surface area contributed by atoms with Crippen LogP contribution in [0.3, 0.4) is 0 Å². The van der Waals surface area contributed by atoms with E-state index in [1.54, 1.807) is 0 Å². The van der Waals surface area contributed by atoms with Crippen LogP contribution in [0, 0.1) is 11.3 Å². The lowest BCUT2D eigenvalue weighted by atomic mass is 10.0. The van der Waals surface area contributed by atoms with Gasteiger partial charge in [-0.25, -0.2) is 0 Å². The summed E-state index contributed by atoms with van der Waals surface area (Å²) in [7, 11) is 0. The quantitative estimate of drug-likeness (QED) is 0.536. The molecule has 0 aromatic rings. The summed E-state index contributed by atoms with van der Waals surface area (Å²) in [5, 5.41) is 0. The molecule has 1 saturated carbocycles. The largest absolute Gasteiger partial charge is 0.295 e. The molecule has 1 aliphatic heterocycles. The molecule has 2 rings (SSSR count). The van der Waals surface area contributed by atoms with Crippen molar-refractivity contribution >= 4 is 0 Å². The van der Waals surface area contributed by atoms with E-state index in [-0.39, 0.29) is 0 Å². The van der Waals surface area contributed by atoms with Crippen LogP contribution in [0.15, 0.2) is 0 Å². The van der Waals surface area contributed by atoms with Crippen molar-refractivity contribution in [2.45, 2.75) is 52.6 Å². The Morgan fingerprint density at radius 3 is 2.17 bits per heavy atom. The first-order chi connectivity index (χ1) is 5.34. The Morgan fingerprint density at radius 2 is 1.92 bits per heavy atom. The maximum absolute atomic E-state index is 2.67. The summed E-state index contributed by atoms with van der Waals surface area (Å²) in [6, 6.07) is 0.815. The highest BCUT2D eigenvalue weighted by molar-refractivity contribution is 5.13. The molecule has 1 nitrogen and oxygen atoms in total. The van der Waals surface area contributed by atoms with Crippen LogP contribution in [-0.4, -0.2) is 23.0 Å². The fourth-order valence-corrected chi connectivity index (χ4v) is 2.98. The van der Waals surface area contributed by atoms with Crippen LogP contribution in [0.2, 0.25) is 0 Å². The molecular formula is C11H21N. The summed E-state index contributed by atoms with van der Waals surface area (Å²) >= 11 is 0. The normalized spacial score (nSPS) is 47.8. The number of fused-ring (bicyclic) bond motifs is 1. The van der Waals surface area contributed by atoms with Crippen molar-refractivity contribution in [2.24, 2.45) is 11.3 Å². The van der Waals surface area contributed by atoms with E-state index in [2.05, 4.69) is 39.5 Å². The zero-order chi connectivity index (χ0) is 9.15. The lowest BCUT2D eigenvalue weighted by molar-refractivity contribution is 0.103. The SMILES string of the molecule is C[C@@H]1C2CC2(C)CN1C(C)(C)C. The molecular weight excluding hydrogens is 146 g/mol. The molecule has 0 aromatic heterocycles. The minimum atomic E-state index is 0.371. The Balaban J connectivity index is 2.13. The molecule has 1 aliphatic carbocycles. The smallest absolute Gasteiger partial charge is 0.0128 e. The van der Waals surface area contributed by atoms with Crippen molar-refractivity contribution in [1.29, 1.82) is 0 Å². The highest BCUT2D eigenvalue weighted by atomic mass is 15.3. The van der Waals surface area contributed by atoms with E-state index in [9.17, 15) is 0 Å². The van der Waals surface area contributed by atoms with Crippen LogP contribution in [0.25, 0.3) is 0 Å². The minimum absolute atomic E-state index is 0.371. The van der Waals surface area contributed by atoms with Crippen LogP contribution < -0.4 is 0 Å². The lowest BCUT2D eigenvalue weighted by Crippen LogP contribution is -2.45. The average molecular weight is 167 g/mol. The van der Waals surface area contributed by atoms with Gasteiger partial charge in [-0.1, -0.05) is 6.92 Å². The molecule has 70 valence electrons. The van der Waals surface area contributed by atoms with E-state index in [4.69, 9.17) is 0 Å². The van der Waals surface area contributed by atoms with Crippen molar-refractivity contribution in [3.8, 4) is 0 Å². The van der Waals surface area contributed by atoms with E-state index < -0.39 is 0 Å². The van der Waals surface area contributed by atoms with Gasteiger partial charge in [0.2, 0.25) is 0 Å². The minimum Gasteiger partial charge on any atom is -0.295 e. The van der Waals surface area contributed by atoms with Crippen molar-refractivity contribution in [2.75, 3.05) is 6.54 Å². The summed E-state index contributed by atoms with van der Waals surface area (Å²) in [5.41, 5.74) is 1.06. The van der Waals surface area contributed by atoms with Gasteiger partial charge in [-0.2, -0.15) is 0 Å². The Bertz CT molecular complexity index is 204. The summed E-state index contributed by atoms with van der Waals surface area (Å²) < 4.78 is 0. The van der Waals surface area contributed by atoms with Gasteiger partial charge in [-0.3, -0.25) is 4.90 Å². The molecule has 0 aromatic carbocycles. The van der Waals surface area contributed by atoms with E-state index in [0.29, 0.717) is 11.0 Å².